The van der Waals surface area contributed by atoms with Crippen LogP contribution in [-0.2, 0) is 23.5 Å². The van der Waals surface area contributed by atoms with Crippen molar-refractivity contribution in [1.82, 2.24) is 19.8 Å². The van der Waals surface area contributed by atoms with Crippen molar-refractivity contribution in [2.24, 2.45) is 13.0 Å². The van der Waals surface area contributed by atoms with Crippen LogP contribution in [0.4, 0.5) is 0 Å². The topological polar surface area (TPSA) is 93.1 Å². The SMILES string of the molecule is Cc1nn(C)c(C)c1CCNC(=O)c1ccc(S(=O)(=O)NCC(C)C)cc1. The summed E-state index contributed by atoms with van der Waals surface area (Å²) in [5, 5.41) is 7.23. The largest absolute Gasteiger partial charge is 0.352 e. The average molecular weight is 393 g/mol. The van der Waals surface area contributed by atoms with Gasteiger partial charge in [0.2, 0.25) is 10.0 Å². The molecule has 2 rings (SSSR count). The maximum absolute atomic E-state index is 12.3. The number of nitrogens with zero attached hydrogens (tertiary/aromatic N) is 2. The predicted octanol–water partition coefficient (Wildman–Crippen LogP) is 1.94. The Kier molecular flexibility index (Phi) is 6.78. The molecule has 2 aromatic rings. The van der Waals surface area contributed by atoms with Crippen LogP contribution in [0, 0.1) is 19.8 Å². The van der Waals surface area contributed by atoms with E-state index in [1.807, 2.05) is 39.4 Å². The molecule has 0 bridgehead atoms. The third kappa shape index (κ3) is 5.40. The third-order valence-corrected chi connectivity index (χ3v) is 5.87. The van der Waals surface area contributed by atoms with Gasteiger partial charge in [-0.05, 0) is 56.0 Å². The number of hydrogen-bond acceptors (Lipinski definition) is 4. The number of amides is 1. The molecule has 148 valence electrons. The molecule has 7 nitrogen and oxygen atoms in total. The first-order valence-electron chi connectivity index (χ1n) is 8.99. The van der Waals surface area contributed by atoms with Crippen molar-refractivity contribution in [2.75, 3.05) is 13.1 Å². The van der Waals surface area contributed by atoms with Crippen LogP contribution in [0.2, 0.25) is 0 Å². The monoisotopic (exact) mass is 392 g/mol. The lowest BCUT2D eigenvalue weighted by Gasteiger charge is -2.10. The fourth-order valence-corrected chi connectivity index (χ4v) is 3.94. The van der Waals surface area contributed by atoms with Gasteiger partial charge in [-0.15, -0.1) is 0 Å². The minimum Gasteiger partial charge on any atom is -0.352 e. The Bertz CT molecular complexity index is 900. The molecule has 1 amide bonds. The molecular weight excluding hydrogens is 364 g/mol. The van der Waals surface area contributed by atoms with Gasteiger partial charge in [0.05, 0.1) is 10.6 Å². The van der Waals surface area contributed by atoms with Crippen LogP contribution in [0.3, 0.4) is 0 Å². The number of carbonyl (C=O) groups excluding carboxylic acids is 1. The van der Waals surface area contributed by atoms with Gasteiger partial charge in [-0.1, -0.05) is 13.8 Å². The lowest BCUT2D eigenvalue weighted by molar-refractivity contribution is 0.0954. The van der Waals surface area contributed by atoms with Gasteiger partial charge in [0.15, 0.2) is 0 Å². The molecule has 0 fully saturated rings. The van der Waals surface area contributed by atoms with Crippen LogP contribution >= 0.6 is 0 Å². The summed E-state index contributed by atoms with van der Waals surface area (Å²) in [5.74, 6) is -0.00908. The smallest absolute Gasteiger partial charge is 0.251 e. The second kappa shape index (κ2) is 8.67. The van der Waals surface area contributed by atoms with Gasteiger partial charge in [-0.2, -0.15) is 5.10 Å². The number of sulfonamides is 1. The predicted molar refractivity (Wildman–Crippen MR) is 105 cm³/mol. The van der Waals surface area contributed by atoms with Gasteiger partial charge in [-0.25, -0.2) is 13.1 Å². The lowest BCUT2D eigenvalue weighted by Crippen LogP contribution is -2.28. The highest BCUT2D eigenvalue weighted by molar-refractivity contribution is 7.89. The van der Waals surface area contributed by atoms with Crippen molar-refractivity contribution in [3.8, 4) is 0 Å². The summed E-state index contributed by atoms with van der Waals surface area (Å²) in [4.78, 5) is 12.4. The van der Waals surface area contributed by atoms with Crippen LogP contribution in [0.5, 0.6) is 0 Å². The molecule has 1 aromatic carbocycles. The Morgan fingerprint density at radius 1 is 1.19 bits per heavy atom. The van der Waals surface area contributed by atoms with E-state index in [1.54, 1.807) is 0 Å². The molecule has 2 N–H and O–H groups in total. The number of benzene rings is 1. The second-order valence-corrected chi connectivity index (χ2v) is 8.82. The number of aromatic nitrogens is 2. The van der Waals surface area contributed by atoms with E-state index in [9.17, 15) is 13.2 Å². The molecule has 0 saturated carbocycles. The summed E-state index contributed by atoms with van der Waals surface area (Å²) in [5.41, 5.74) is 3.62. The molecule has 0 aliphatic carbocycles. The molecule has 0 radical (unpaired) electrons. The summed E-state index contributed by atoms with van der Waals surface area (Å²) in [7, 11) is -1.65. The zero-order valence-corrected chi connectivity index (χ0v) is 17.4. The molecule has 0 atom stereocenters. The zero-order valence-electron chi connectivity index (χ0n) is 16.5. The summed E-state index contributed by atoms with van der Waals surface area (Å²) < 4.78 is 28.8. The van der Waals surface area contributed by atoms with E-state index in [-0.39, 0.29) is 16.7 Å². The van der Waals surface area contributed by atoms with E-state index in [2.05, 4.69) is 15.1 Å². The minimum absolute atomic E-state index is 0.154. The van der Waals surface area contributed by atoms with Crippen molar-refractivity contribution in [1.29, 1.82) is 0 Å². The molecule has 27 heavy (non-hydrogen) atoms. The zero-order chi connectivity index (χ0) is 20.2. The highest BCUT2D eigenvalue weighted by atomic mass is 32.2. The average Bonchev–Trinajstić information content (AvgIpc) is 2.86. The summed E-state index contributed by atoms with van der Waals surface area (Å²) in [6.07, 6.45) is 0.697. The minimum atomic E-state index is -3.55. The molecule has 8 heteroatoms. The van der Waals surface area contributed by atoms with Crippen LogP contribution in [-0.4, -0.2) is 37.2 Å². The van der Waals surface area contributed by atoms with E-state index in [4.69, 9.17) is 0 Å². The summed E-state index contributed by atoms with van der Waals surface area (Å²) >= 11 is 0. The fourth-order valence-electron chi connectivity index (χ4n) is 2.73. The lowest BCUT2D eigenvalue weighted by atomic mass is 10.1. The van der Waals surface area contributed by atoms with Crippen LogP contribution in [0.1, 0.15) is 41.2 Å². The molecule has 0 saturated heterocycles. The Balaban J connectivity index is 1.95. The maximum Gasteiger partial charge on any atom is 0.251 e. The molecule has 1 heterocycles. The number of hydrogen-bond donors (Lipinski definition) is 2. The first-order chi connectivity index (χ1) is 12.6. The van der Waals surface area contributed by atoms with Crippen LogP contribution in [0.25, 0.3) is 0 Å². The fraction of sp³-hybridized carbons (Fsp3) is 0.474. The van der Waals surface area contributed by atoms with Gasteiger partial charge in [0.25, 0.3) is 5.91 Å². The highest BCUT2D eigenvalue weighted by Gasteiger charge is 2.15. The van der Waals surface area contributed by atoms with Crippen LogP contribution < -0.4 is 10.0 Å². The molecule has 0 unspecified atom stereocenters. The summed E-state index contributed by atoms with van der Waals surface area (Å²) in [6.45, 7) is 8.69. The van der Waals surface area contributed by atoms with Gasteiger partial charge in [-0.3, -0.25) is 9.48 Å². The number of aryl methyl sites for hydroxylation is 2. The quantitative estimate of drug-likeness (QED) is 0.718. The summed E-state index contributed by atoms with van der Waals surface area (Å²) in [6, 6.07) is 5.96. The Labute approximate surface area is 161 Å². The van der Waals surface area contributed by atoms with Gasteiger partial charge >= 0.3 is 0 Å². The molecule has 0 aliphatic rings. The highest BCUT2D eigenvalue weighted by Crippen LogP contribution is 2.13. The third-order valence-electron chi connectivity index (χ3n) is 4.43. The molecular formula is C19H28N4O3S. The first-order valence-corrected chi connectivity index (χ1v) is 10.5. The van der Waals surface area contributed by atoms with E-state index in [1.165, 1.54) is 24.3 Å². The van der Waals surface area contributed by atoms with Crippen molar-refractivity contribution in [2.45, 2.75) is 39.0 Å². The Morgan fingerprint density at radius 2 is 1.81 bits per heavy atom. The van der Waals surface area contributed by atoms with Crippen molar-refractivity contribution >= 4 is 15.9 Å². The van der Waals surface area contributed by atoms with E-state index < -0.39 is 10.0 Å². The van der Waals surface area contributed by atoms with Crippen LogP contribution in [0.15, 0.2) is 29.2 Å². The first kappa shape index (κ1) is 21.1. The normalized spacial score (nSPS) is 11.8. The molecule has 0 aliphatic heterocycles. The van der Waals surface area contributed by atoms with Gasteiger partial charge < -0.3 is 5.32 Å². The number of rotatable bonds is 8. The Hall–Kier alpha value is -2.19. The van der Waals surface area contributed by atoms with Crippen molar-refractivity contribution in [3.05, 3.63) is 46.8 Å². The van der Waals surface area contributed by atoms with Crippen molar-refractivity contribution < 1.29 is 13.2 Å². The maximum atomic E-state index is 12.3. The standard InChI is InChI=1S/C19H28N4O3S/c1-13(2)12-21-27(25,26)17-8-6-16(7-9-17)19(24)20-11-10-18-14(3)22-23(5)15(18)4/h6-9,13,21H,10-12H2,1-5H3,(H,20,24). The van der Waals surface area contributed by atoms with E-state index in [0.717, 1.165) is 17.0 Å². The van der Waals surface area contributed by atoms with Gasteiger partial charge in [0.1, 0.15) is 0 Å². The second-order valence-electron chi connectivity index (χ2n) is 7.05. The number of nitrogens with one attached hydrogen (secondary N) is 2. The molecule has 0 spiro atoms. The van der Waals surface area contributed by atoms with Crippen molar-refractivity contribution in [3.63, 3.8) is 0 Å². The molecule has 1 aromatic heterocycles. The number of carbonyl (C=O) groups is 1. The van der Waals surface area contributed by atoms with E-state index in [0.29, 0.717) is 25.1 Å². The van der Waals surface area contributed by atoms with E-state index >= 15 is 0 Å². The van der Waals surface area contributed by atoms with Gasteiger partial charge in [0, 0.05) is 31.4 Å². The Morgan fingerprint density at radius 3 is 2.33 bits per heavy atom.